The zero-order chi connectivity index (χ0) is 14.5. The Bertz CT molecular complexity index is 534. The predicted octanol–water partition coefficient (Wildman–Crippen LogP) is 2.63. The smallest absolute Gasteiger partial charge is 0.333 e. The van der Waals surface area contributed by atoms with Gasteiger partial charge in [0.15, 0.2) is 0 Å². The summed E-state index contributed by atoms with van der Waals surface area (Å²) in [5, 5.41) is 6.96. The Morgan fingerprint density at radius 3 is 2.40 bits per heavy atom. The Morgan fingerprint density at radius 2 is 1.85 bits per heavy atom. The van der Waals surface area contributed by atoms with Crippen LogP contribution in [0.5, 0.6) is 0 Å². The molecule has 1 heterocycles. The van der Waals surface area contributed by atoms with Crippen molar-refractivity contribution < 1.29 is 8.78 Å². The van der Waals surface area contributed by atoms with E-state index < -0.39 is 6.55 Å². The molecule has 0 bridgehead atoms. The van der Waals surface area contributed by atoms with Gasteiger partial charge in [-0.2, -0.15) is 13.9 Å². The number of nitrogens with one attached hydrogen (secondary N) is 1. The average molecular weight is 280 g/mol. The van der Waals surface area contributed by atoms with Crippen LogP contribution in [0.3, 0.4) is 0 Å². The molecule has 0 amide bonds. The van der Waals surface area contributed by atoms with E-state index in [2.05, 4.69) is 10.4 Å². The Balaban J connectivity index is 1.83. The van der Waals surface area contributed by atoms with Crippen molar-refractivity contribution in [3.05, 3.63) is 47.8 Å². The number of benzene rings is 1. The first-order valence-corrected chi connectivity index (χ1v) is 6.35. The van der Waals surface area contributed by atoms with Gasteiger partial charge in [-0.25, -0.2) is 4.68 Å². The third-order valence-electron chi connectivity index (χ3n) is 2.95. The lowest BCUT2D eigenvalue weighted by Gasteiger charge is -2.12. The maximum absolute atomic E-state index is 12.3. The Morgan fingerprint density at radius 1 is 1.15 bits per heavy atom. The molecule has 6 heteroatoms. The molecule has 2 rings (SSSR count). The summed E-state index contributed by atoms with van der Waals surface area (Å²) in [7, 11) is 3.99. The number of aromatic nitrogens is 2. The van der Waals surface area contributed by atoms with E-state index in [0.29, 0.717) is 23.5 Å². The van der Waals surface area contributed by atoms with Crippen LogP contribution in [-0.2, 0) is 13.1 Å². The van der Waals surface area contributed by atoms with Gasteiger partial charge in [0.1, 0.15) is 0 Å². The van der Waals surface area contributed by atoms with Crippen molar-refractivity contribution in [3.63, 3.8) is 0 Å². The first-order valence-electron chi connectivity index (χ1n) is 6.35. The number of rotatable bonds is 6. The molecule has 1 N–H and O–H groups in total. The van der Waals surface area contributed by atoms with Gasteiger partial charge in [0, 0.05) is 39.1 Å². The number of hydrogen-bond acceptors (Lipinski definition) is 3. The first-order chi connectivity index (χ1) is 9.56. The third kappa shape index (κ3) is 3.77. The molecule has 0 fully saturated rings. The Kier molecular flexibility index (Phi) is 4.68. The number of halogens is 2. The summed E-state index contributed by atoms with van der Waals surface area (Å²) in [4.78, 5) is 2.04. The van der Waals surface area contributed by atoms with Gasteiger partial charge in [-0.3, -0.25) is 0 Å². The van der Waals surface area contributed by atoms with Crippen LogP contribution in [0.2, 0.25) is 0 Å². The molecule has 2 aromatic rings. The van der Waals surface area contributed by atoms with Crippen LogP contribution in [0.25, 0.3) is 0 Å². The fraction of sp³-hybridized carbons (Fsp3) is 0.357. The maximum Gasteiger partial charge on any atom is 0.333 e. The zero-order valence-electron chi connectivity index (χ0n) is 11.6. The van der Waals surface area contributed by atoms with Gasteiger partial charge in [0.25, 0.3) is 0 Å². The SMILES string of the molecule is CN(C)c1ccc(CNCc2ccn(C(F)F)n2)cc1. The standard InChI is InChI=1S/C14H18F2N4/c1-19(2)13-5-3-11(4-6-13)9-17-10-12-7-8-20(18-12)14(15)16/h3-8,14,17H,9-10H2,1-2H3. The van der Waals surface area contributed by atoms with Crippen molar-refractivity contribution in [2.24, 2.45) is 0 Å². The van der Waals surface area contributed by atoms with Gasteiger partial charge in [-0.1, -0.05) is 12.1 Å². The topological polar surface area (TPSA) is 33.1 Å². The van der Waals surface area contributed by atoms with Crippen molar-refractivity contribution in [1.82, 2.24) is 15.1 Å². The zero-order valence-corrected chi connectivity index (χ0v) is 11.6. The van der Waals surface area contributed by atoms with Gasteiger partial charge in [0.05, 0.1) is 5.69 Å². The quantitative estimate of drug-likeness (QED) is 0.883. The van der Waals surface area contributed by atoms with E-state index in [1.807, 2.05) is 43.3 Å². The molecular weight excluding hydrogens is 262 g/mol. The summed E-state index contributed by atoms with van der Waals surface area (Å²) in [5.41, 5.74) is 2.89. The summed E-state index contributed by atoms with van der Waals surface area (Å²) >= 11 is 0. The van der Waals surface area contributed by atoms with Crippen LogP contribution in [0.4, 0.5) is 14.5 Å². The normalized spacial score (nSPS) is 11.1. The summed E-state index contributed by atoms with van der Waals surface area (Å²) in [6.45, 7) is -1.44. The fourth-order valence-corrected chi connectivity index (χ4v) is 1.83. The monoisotopic (exact) mass is 280 g/mol. The van der Waals surface area contributed by atoms with Crippen LogP contribution in [0.1, 0.15) is 17.8 Å². The average Bonchev–Trinajstić information content (AvgIpc) is 2.88. The summed E-state index contributed by atoms with van der Waals surface area (Å²) in [6, 6.07) is 9.76. The van der Waals surface area contributed by atoms with E-state index in [1.165, 1.54) is 6.20 Å². The molecule has 1 aromatic carbocycles. The highest BCUT2D eigenvalue weighted by atomic mass is 19.3. The number of alkyl halides is 2. The van der Waals surface area contributed by atoms with E-state index >= 15 is 0 Å². The largest absolute Gasteiger partial charge is 0.378 e. The van der Waals surface area contributed by atoms with Crippen LogP contribution < -0.4 is 10.2 Å². The molecule has 0 aliphatic rings. The van der Waals surface area contributed by atoms with Gasteiger partial charge < -0.3 is 10.2 Å². The maximum atomic E-state index is 12.3. The molecular formula is C14H18F2N4. The summed E-state index contributed by atoms with van der Waals surface area (Å²) in [6.07, 6.45) is 1.29. The van der Waals surface area contributed by atoms with E-state index in [-0.39, 0.29) is 0 Å². The summed E-state index contributed by atoms with van der Waals surface area (Å²) in [5.74, 6) is 0. The summed E-state index contributed by atoms with van der Waals surface area (Å²) < 4.78 is 25.3. The molecule has 0 saturated heterocycles. The predicted molar refractivity (Wildman–Crippen MR) is 74.8 cm³/mol. The highest BCUT2D eigenvalue weighted by Crippen LogP contribution is 2.12. The van der Waals surface area contributed by atoms with Crippen LogP contribution in [-0.4, -0.2) is 23.9 Å². The highest BCUT2D eigenvalue weighted by molar-refractivity contribution is 5.45. The lowest BCUT2D eigenvalue weighted by molar-refractivity contribution is 0.0561. The lowest BCUT2D eigenvalue weighted by Crippen LogP contribution is -2.14. The van der Waals surface area contributed by atoms with Crippen molar-refractivity contribution >= 4 is 5.69 Å². The fourth-order valence-electron chi connectivity index (χ4n) is 1.83. The van der Waals surface area contributed by atoms with E-state index in [9.17, 15) is 8.78 Å². The number of hydrogen-bond donors (Lipinski definition) is 1. The minimum absolute atomic E-state index is 0.467. The highest BCUT2D eigenvalue weighted by Gasteiger charge is 2.06. The molecule has 4 nitrogen and oxygen atoms in total. The van der Waals surface area contributed by atoms with Crippen LogP contribution in [0.15, 0.2) is 36.5 Å². The molecule has 1 aromatic heterocycles. The van der Waals surface area contributed by atoms with Crippen LogP contribution >= 0.6 is 0 Å². The minimum Gasteiger partial charge on any atom is -0.378 e. The van der Waals surface area contributed by atoms with Gasteiger partial charge in [0.2, 0.25) is 0 Å². The molecule has 0 atom stereocenters. The molecule has 0 unspecified atom stereocenters. The van der Waals surface area contributed by atoms with Crippen molar-refractivity contribution in [1.29, 1.82) is 0 Å². The molecule has 0 spiro atoms. The third-order valence-corrected chi connectivity index (χ3v) is 2.95. The Hall–Kier alpha value is -1.95. The molecule has 0 saturated carbocycles. The second-order valence-corrected chi connectivity index (χ2v) is 4.73. The molecule has 20 heavy (non-hydrogen) atoms. The van der Waals surface area contributed by atoms with Crippen molar-refractivity contribution in [2.45, 2.75) is 19.6 Å². The van der Waals surface area contributed by atoms with Gasteiger partial charge in [-0.15, -0.1) is 0 Å². The molecule has 0 aliphatic carbocycles. The molecule has 0 radical (unpaired) electrons. The molecule has 108 valence electrons. The molecule has 0 aliphatic heterocycles. The van der Waals surface area contributed by atoms with Crippen LogP contribution in [0, 0.1) is 0 Å². The lowest BCUT2D eigenvalue weighted by atomic mass is 10.2. The second-order valence-electron chi connectivity index (χ2n) is 4.73. The van der Waals surface area contributed by atoms with Gasteiger partial charge >= 0.3 is 6.55 Å². The second kappa shape index (κ2) is 6.47. The van der Waals surface area contributed by atoms with Crippen molar-refractivity contribution in [2.75, 3.05) is 19.0 Å². The van der Waals surface area contributed by atoms with Gasteiger partial charge in [-0.05, 0) is 23.8 Å². The van der Waals surface area contributed by atoms with E-state index in [1.54, 1.807) is 6.07 Å². The first kappa shape index (κ1) is 14.5. The van der Waals surface area contributed by atoms with E-state index in [4.69, 9.17) is 0 Å². The minimum atomic E-state index is -2.58. The number of nitrogens with zero attached hydrogens (tertiary/aromatic N) is 3. The van der Waals surface area contributed by atoms with E-state index in [0.717, 1.165) is 11.3 Å². The van der Waals surface area contributed by atoms with Crippen molar-refractivity contribution in [3.8, 4) is 0 Å². The Labute approximate surface area is 117 Å². The number of anilines is 1.